The molecule has 1 aliphatic rings. The van der Waals surface area contributed by atoms with E-state index < -0.39 is 0 Å². The molecule has 6 heteroatoms. The van der Waals surface area contributed by atoms with Crippen LogP contribution in [0.2, 0.25) is 0 Å². The van der Waals surface area contributed by atoms with Gasteiger partial charge in [-0.3, -0.25) is 4.68 Å². The van der Waals surface area contributed by atoms with Crippen LogP contribution in [0.25, 0.3) is 0 Å². The van der Waals surface area contributed by atoms with Crippen molar-refractivity contribution >= 4 is 0 Å². The number of hydrogen-bond acceptors (Lipinski definition) is 5. The van der Waals surface area contributed by atoms with Crippen LogP contribution in [0.4, 0.5) is 0 Å². The van der Waals surface area contributed by atoms with Crippen LogP contribution in [-0.4, -0.2) is 19.9 Å². The number of rotatable bonds is 6. The second-order valence-corrected chi connectivity index (χ2v) is 4.55. The second-order valence-electron chi connectivity index (χ2n) is 4.55. The van der Waals surface area contributed by atoms with E-state index in [-0.39, 0.29) is 0 Å². The van der Waals surface area contributed by atoms with Crippen molar-refractivity contribution in [3.63, 3.8) is 0 Å². The highest BCUT2D eigenvalue weighted by Crippen LogP contribution is 2.38. The molecule has 2 aromatic rings. The van der Waals surface area contributed by atoms with Crippen LogP contribution in [0.15, 0.2) is 16.9 Å². The smallest absolute Gasteiger partial charge is 0.264 e. The highest BCUT2D eigenvalue weighted by Gasteiger charge is 2.28. The van der Waals surface area contributed by atoms with E-state index in [0.29, 0.717) is 18.4 Å². The van der Waals surface area contributed by atoms with Crippen molar-refractivity contribution in [2.24, 2.45) is 0 Å². The van der Waals surface area contributed by atoms with E-state index in [1.807, 2.05) is 10.9 Å². The molecule has 6 nitrogen and oxygen atoms in total. The predicted octanol–water partition coefficient (Wildman–Crippen LogP) is 2.13. The molecule has 1 saturated carbocycles. The third-order valence-electron chi connectivity index (χ3n) is 2.85. The second kappa shape index (κ2) is 4.80. The van der Waals surface area contributed by atoms with Gasteiger partial charge in [0.25, 0.3) is 5.89 Å². The lowest BCUT2D eigenvalue weighted by Gasteiger charge is -1.98. The molecule has 0 saturated heterocycles. The van der Waals surface area contributed by atoms with Gasteiger partial charge in [-0.15, -0.1) is 0 Å². The van der Waals surface area contributed by atoms with E-state index in [1.54, 1.807) is 6.20 Å². The lowest BCUT2D eigenvalue weighted by atomic mass is 10.4. The van der Waals surface area contributed by atoms with Gasteiger partial charge >= 0.3 is 0 Å². The predicted molar refractivity (Wildman–Crippen MR) is 63.1 cm³/mol. The van der Waals surface area contributed by atoms with E-state index in [4.69, 9.17) is 9.26 Å². The first kappa shape index (κ1) is 11.3. The maximum absolute atomic E-state index is 5.55. The Balaban J connectivity index is 1.55. The molecule has 0 bridgehead atoms. The average Bonchev–Trinajstić information content (AvgIpc) is 2.95. The Kier molecular flexibility index (Phi) is 3.00. The first-order valence-electron chi connectivity index (χ1n) is 6.33. The number of ether oxygens (including phenoxy) is 1. The van der Waals surface area contributed by atoms with Crippen LogP contribution in [0.5, 0.6) is 5.75 Å². The molecule has 3 rings (SSSR count). The summed E-state index contributed by atoms with van der Waals surface area (Å²) < 4.78 is 12.5. The SMILES string of the molecule is CCCn1cc(OCc2nc(C3CC3)no2)cn1. The number of hydrogen-bond donors (Lipinski definition) is 0. The van der Waals surface area contributed by atoms with Gasteiger partial charge < -0.3 is 9.26 Å². The van der Waals surface area contributed by atoms with Gasteiger partial charge in [-0.2, -0.15) is 10.1 Å². The van der Waals surface area contributed by atoms with Crippen molar-refractivity contribution in [2.75, 3.05) is 0 Å². The van der Waals surface area contributed by atoms with Gasteiger partial charge in [-0.25, -0.2) is 0 Å². The molecule has 0 N–H and O–H groups in total. The largest absolute Gasteiger partial charge is 0.480 e. The minimum atomic E-state index is 0.303. The fraction of sp³-hybridized carbons (Fsp3) is 0.583. The summed E-state index contributed by atoms with van der Waals surface area (Å²) in [5, 5.41) is 8.12. The highest BCUT2D eigenvalue weighted by molar-refractivity contribution is 5.12. The lowest BCUT2D eigenvalue weighted by Crippen LogP contribution is -1.97. The maximum atomic E-state index is 5.55. The molecule has 0 unspecified atom stereocenters. The minimum absolute atomic E-state index is 0.303. The summed E-state index contributed by atoms with van der Waals surface area (Å²) in [6, 6.07) is 0. The summed E-state index contributed by atoms with van der Waals surface area (Å²) in [4.78, 5) is 4.30. The van der Waals surface area contributed by atoms with Gasteiger partial charge in [0, 0.05) is 12.5 Å². The van der Waals surface area contributed by atoms with Crippen molar-refractivity contribution in [1.82, 2.24) is 19.9 Å². The number of aromatic nitrogens is 4. The molecule has 0 spiro atoms. The molecule has 0 aliphatic heterocycles. The molecule has 2 heterocycles. The van der Waals surface area contributed by atoms with Crippen molar-refractivity contribution in [3.8, 4) is 5.75 Å². The molecule has 1 fully saturated rings. The summed E-state index contributed by atoms with van der Waals surface area (Å²) in [6.45, 7) is 3.31. The summed E-state index contributed by atoms with van der Waals surface area (Å²) in [6.07, 6.45) is 6.97. The lowest BCUT2D eigenvalue weighted by molar-refractivity contribution is 0.242. The monoisotopic (exact) mass is 248 g/mol. The van der Waals surface area contributed by atoms with Gasteiger partial charge in [0.2, 0.25) is 0 Å². The van der Waals surface area contributed by atoms with Crippen LogP contribution in [0, 0.1) is 0 Å². The summed E-state index contributed by atoms with van der Waals surface area (Å²) in [7, 11) is 0. The minimum Gasteiger partial charge on any atom is -0.480 e. The zero-order valence-electron chi connectivity index (χ0n) is 10.4. The van der Waals surface area contributed by atoms with Crippen LogP contribution < -0.4 is 4.74 Å². The molecule has 96 valence electrons. The van der Waals surface area contributed by atoms with Crippen LogP contribution in [-0.2, 0) is 13.2 Å². The van der Waals surface area contributed by atoms with Crippen molar-refractivity contribution in [2.45, 2.75) is 45.3 Å². The van der Waals surface area contributed by atoms with Crippen molar-refractivity contribution < 1.29 is 9.26 Å². The summed E-state index contributed by atoms with van der Waals surface area (Å²) in [5.41, 5.74) is 0. The number of aryl methyl sites for hydroxylation is 1. The van der Waals surface area contributed by atoms with Crippen molar-refractivity contribution in [3.05, 3.63) is 24.1 Å². The van der Waals surface area contributed by atoms with E-state index in [2.05, 4.69) is 22.2 Å². The Morgan fingerprint density at radius 1 is 1.50 bits per heavy atom. The standard InChI is InChI=1S/C12H16N4O2/c1-2-5-16-7-10(6-13-16)17-8-11-14-12(15-18-11)9-3-4-9/h6-7,9H,2-5,8H2,1H3. The van der Waals surface area contributed by atoms with E-state index in [9.17, 15) is 0 Å². The molecule has 18 heavy (non-hydrogen) atoms. The zero-order chi connectivity index (χ0) is 12.4. The first-order valence-corrected chi connectivity index (χ1v) is 6.33. The van der Waals surface area contributed by atoms with Gasteiger partial charge in [0.05, 0.1) is 12.4 Å². The van der Waals surface area contributed by atoms with Crippen molar-refractivity contribution in [1.29, 1.82) is 0 Å². The van der Waals surface area contributed by atoms with Crippen LogP contribution >= 0.6 is 0 Å². The summed E-state index contributed by atoms with van der Waals surface area (Å²) >= 11 is 0. The first-order chi connectivity index (χ1) is 8.85. The molecule has 2 aromatic heterocycles. The average molecular weight is 248 g/mol. The Morgan fingerprint density at radius 2 is 2.39 bits per heavy atom. The normalized spacial score (nSPS) is 14.9. The van der Waals surface area contributed by atoms with Gasteiger partial charge in [0.15, 0.2) is 18.2 Å². The fourth-order valence-corrected chi connectivity index (χ4v) is 1.75. The van der Waals surface area contributed by atoms with E-state index in [0.717, 1.165) is 24.5 Å². The molecular formula is C12H16N4O2. The molecule has 0 aromatic carbocycles. The Hall–Kier alpha value is -1.85. The van der Waals surface area contributed by atoms with Crippen LogP contribution in [0.3, 0.4) is 0 Å². The molecule has 0 radical (unpaired) electrons. The molecular weight excluding hydrogens is 232 g/mol. The molecule has 1 aliphatic carbocycles. The zero-order valence-corrected chi connectivity index (χ0v) is 10.4. The van der Waals surface area contributed by atoms with E-state index in [1.165, 1.54) is 12.8 Å². The Bertz CT molecular complexity index is 516. The quantitative estimate of drug-likeness (QED) is 0.783. The molecule has 0 atom stereocenters. The van der Waals surface area contributed by atoms with Gasteiger partial charge in [-0.1, -0.05) is 12.1 Å². The Morgan fingerprint density at radius 3 is 3.17 bits per heavy atom. The topological polar surface area (TPSA) is 66.0 Å². The molecule has 0 amide bonds. The fourth-order valence-electron chi connectivity index (χ4n) is 1.75. The van der Waals surface area contributed by atoms with Gasteiger partial charge in [-0.05, 0) is 19.3 Å². The third kappa shape index (κ3) is 2.52. The Labute approximate surface area is 105 Å². The number of nitrogens with zero attached hydrogens (tertiary/aromatic N) is 4. The highest BCUT2D eigenvalue weighted by atomic mass is 16.5. The third-order valence-corrected chi connectivity index (χ3v) is 2.85. The van der Waals surface area contributed by atoms with E-state index >= 15 is 0 Å². The maximum Gasteiger partial charge on any atom is 0.264 e. The van der Waals surface area contributed by atoms with Crippen LogP contribution in [0.1, 0.15) is 43.8 Å². The summed E-state index contributed by atoms with van der Waals surface area (Å²) in [5.74, 6) is 2.58. The van der Waals surface area contributed by atoms with Gasteiger partial charge in [0.1, 0.15) is 0 Å².